The maximum absolute atomic E-state index is 12.0. The second-order valence-electron chi connectivity index (χ2n) is 5.07. The minimum absolute atomic E-state index is 0.129. The minimum Gasteiger partial charge on any atom is -0.459 e. The first-order valence-electron chi connectivity index (χ1n) is 6.14. The van der Waals surface area contributed by atoms with Crippen molar-refractivity contribution in [1.29, 1.82) is 0 Å². The number of benzene rings is 1. The molecule has 7 heteroatoms. The van der Waals surface area contributed by atoms with E-state index < -0.39 is 16.0 Å². The molecule has 0 heterocycles. The van der Waals surface area contributed by atoms with Crippen LogP contribution in [0.4, 0.5) is 0 Å². The van der Waals surface area contributed by atoms with Crippen LogP contribution >= 0.6 is 15.9 Å². The number of carbonyl (C=O) groups is 1. The Bertz CT molecular complexity index is 598. The predicted molar refractivity (Wildman–Crippen MR) is 79.8 cm³/mol. The van der Waals surface area contributed by atoms with Crippen molar-refractivity contribution < 1.29 is 17.9 Å². The summed E-state index contributed by atoms with van der Waals surface area (Å²) in [6.45, 7) is 5.86. The molecule has 1 unspecified atom stereocenters. The van der Waals surface area contributed by atoms with E-state index in [0.29, 0.717) is 10.4 Å². The van der Waals surface area contributed by atoms with Gasteiger partial charge < -0.3 is 4.74 Å². The third-order valence-electron chi connectivity index (χ3n) is 2.55. The van der Waals surface area contributed by atoms with Crippen LogP contribution in [0.15, 0.2) is 27.6 Å². The van der Waals surface area contributed by atoms with Crippen LogP contribution in [0.5, 0.6) is 0 Å². The third kappa shape index (κ3) is 5.22. The molecule has 0 spiro atoms. The van der Waals surface area contributed by atoms with Gasteiger partial charge in [0.25, 0.3) is 0 Å². The summed E-state index contributed by atoms with van der Waals surface area (Å²) in [5, 5.41) is 5.06. The zero-order valence-corrected chi connectivity index (χ0v) is 14.0. The summed E-state index contributed by atoms with van der Waals surface area (Å²) < 4.78 is 28.4. The van der Waals surface area contributed by atoms with Gasteiger partial charge in [0.2, 0.25) is 10.0 Å². The molecule has 0 saturated heterocycles. The van der Waals surface area contributed by atoms with Gasteiger partial charge in [0.05, 0.1) is 16.6 Å². The van der Waals surface area contributed by atoms with Gasteiger partial charge in [-0.3, -0.25) is 0 Å². The van der Waals surface area contributed by atoms with E-state index in [1.165, 1.54) is 18.2 Å². The molecule has 0 radical (unpaired) electrons. The Morgan fingerprint density at radius 2 is 1.90 bits per heavy atom. The largest absolute Gasteiger partial charge is 0.459 e. The van der Waals surface area contributed by atoms with Gasteiger partial charge in [0.15, 0.2) is 0 Å². The van der Waals surface area contributed by atoms with E-state index in [2.05, 4.69) is 15.9 Å². The van der Waals surface area contributed by atoms with E-state index in [-0.39, 0.29) is 16.6 Å². The fraction of sp³-hybridized carbons (Fsp3) is 0.462. The fourth-order valence-electron chi connectivity index (χ4n) is 1.81. The average Bonchev–Trinajstić information content (AvgIpc) is 2.25. The van der Waals surface area contributed by atoms with E-state index in [1.807, 2.05) is 13.8 Å². The number of sulfonamides is 1. The van der Waals surface area contributed by atoms with Crippen molar-refractivity contribution in [2.24, 2.45) is 11.1 Å². The number of carbonyl (C=O) groups excluding carboxylic acids is 1. The monoisotopic (exact) mass is 363 g/mol. The molecule has 1 aromatic rings. The summed E-state index contributed by atoms with van der Waals surface area (Å²) in [7, 11) is -3.87. The lowest BCUT2D eigenvalue weighted by Gasteiger charge is -2.15. The highest BCUT2D eigenvalue weighted by Crippen LogP contribution is 2.20. The van der Waals surface area contributed by atoms with Crippen molar-refractivity contribution in [2.45, 2.75) is 38.2 Å². The van der Waals surface area contributed by atoms with Crippen molar-refractivity contribution in [2.75, 3.05) is 0 Å². The third-order valence-corrected chi connectivity index (χ3v) is 3.90. The summed E-state index contributed by atoms with van der Waals surface area (Å²) in [6, 6.07) is 4.05. The number of ether oxygens (including phenoxy) is 1. The zero-order chi connectivity index (χ0) is 15.5. The van der Waals surface area contributed by atoms with Crippen molar-refractivity contribution >= 4 is 31.9 Å². The van der Waals surface area contributed by atoms with E-state index in [0.717, 1.165) is 6.42 Å². The van der Waals surface area contributed by atoms with Crippen molar-refractivity contribution in [3.8, 4) is 0 Å². The van der Waals surface area contributed by atoms with Crippen LogP contribution in [0.25, 0.3) is 0 Å². The number of primary sulfonamides is 1. The Labute approximate surface area is 127 Å². The second kappa shape index (κ2) is 6.69. The van der Waals surface area contributed by atoms with Crippen LogP contribution in [-0.2, 0) is 14.8 Å². The predicted octanol–water partition coefficient (Wildman–Crippen LogP) is 2.69. The van der Waals surface area contributed by atoms with Crippen LogP contribution in [0.3, 0.4) is 0 Å². The van der Waals surface area contributed by atoms with E-state index in [4.69, 9.17) is 9.88 Å². The zero-order valence-electron chi connectivity index (χ0n) is 11.6. The molecular formula is C13H18BrNO4S. The van der Waals surface area contributed by atoms with Crippen molar-refractivity contribution in [3.05, 3.63) is 28.2 Å². The molecule has 5 nitrogen and oxygen atoms in total. The highest BCUT2D eigenvalue weighted by molar-refractivity contribution is 9.10. The average molecular weight is 364 g/mol. The molecular weight excluding hydrogens is 346 g/mol. The summed E-state index contributed by atoms with van der Waals surface area (Å²) in [6.07, 6.45) is 0.501. The van der Waals surface area contributed by atoms with Crippen LogP contribution in [-0.4, -0.2) is 20.5 Å². The van der Waals surface area contributed by atoms with Gasteiger partial charge in [0, 0.05) is 4.47 Å². The quantitative estimate of drug-likeness (QED) is 0.814. The topological polar surface area (TPSA) is 86.5 Å². The molecule has 0 aliphatic carbocycles. The van der Waals surface area contributed by atoms with E-state index >= 15 is 0 Å². The Kier molecular flexibility index (Phi) is 5.73. The summed E-state index contributed by atoms with van der Waals surface area (Å²) in [5.74, 6) is -0.162. The van der Waals surface area contributed by atoms with Gasteiger partial charge in [-0.25, -0.2) is 18.4 Å². The SMILES string of the molecule is CC(C)CC(C)OC(=O)c1cc(Br)cc(S(N)(=O)=O)c1. The minimum atomic E-state index is -3.87. The van der Waals surface area contributed by atoms with Gasteiger partial charge in [0.1, 0.15) is 0 Å². The van der Waals surface area contributed by atoms with Gasteiger partial charge in [-0.1, -0.05) is 29.8 Å². The molecule has 1 atom stereocenters. The Balaban J connectivity index is 2.97. The summed E-state index contributed by atoms with van der Waals surface area (Å²) >= 11 is 3.15. The molecule has 1 aromatic carbocycles. The maximum atomic E-state index is 12.0. The number of rotatable bonds is 5. The molecule has 0 aromatic heterocycles. The van der Waals surface area contributed by atoms with Crippen molar-refractivity contribution in [1.82, 2.24) is 0 Å². The normalized spacial score (nSPS) is 13.3. The maximum Gasteiger partial charge on any atom is 0.338 e. The molecule has 20 heavy (non-hydrogen) atoms. The molecule has 2 N–H and O–H groups in total. The molecule has 112 valence electrons. The van der Waals surface area contributed by atoms with Crippen LogP contribution in [0, 0.1) is 5.92 Å². The van der Waals surface area contributed by atoms with Gasteiger partial charge in [-0.2, -0.15) is 0 Å². The highest BCUT2D eigenvalue weighted by Gasteiger charge is 2.17. The van der Waals surface area contributed by atoms with Crippen LogP contribution < -0.4 is 5.14 Å². The molecule has 0 amide bonds. The van der Waals surface area contributed by atoms with Gasteiger partial charge in [-0.15, -0.1) is 0 Å². The summed E-state index contributed by atoms with van der Waals surface area (Å²) in [4.78, 5) is 11.9. The van der Waals surface area contributed by atoms with E-state index in [1.54, 1.807) is 6.92 Å². The smallest absolute Gasteiger partial charge is 0.338 e. The lowest BCUT2D eigenvalue weighted by Crippen LogP contribution is -2.18. The second-order valence-corrected chi connectivity index (χ2v) is 7.54. The summed E-state index contributed by atoms with van der Waals surface area (Å²) in [5.41, 5.74) is 0.152. The Hall–Kier alpha value is -0.920. The highest BCUT2D eigenvalue weighted by atomic mass is 79.9. The van der Waals surface area contributed by atoms with Crippen LogP contribution in [0.2, 0.25) is 0 Å². The number of esters is 1. The fourth-order valence-corrected chi connectivity index (χ4v) is 3.03. The number of halogens is 1. The first-order valence-corrected chi connectivity index (χ1v) is 8.48. The Morgan fingerprint density at radius 1 is 1.30 bits per heavy atom. The molecule has 0 aliphatic heterocycles. The molecule has 1 rings (SSSR count). The molecule has 0 bridgehead atoms. The van der Waals surface area contributed by atoms with Crippen LogP contribution in [0.1, 0.15) is 37.6 Å². The lowest BCUT2D eigenvalue weighted by atomic mass is 10.1. The molecule has 0 fully saturated rings. The van der Waals surface area contributed by atoms with Gasteiger partial charge in [-0.05, 0) is 37.5 Å². The molecule has 0 saturated carbocycles. The number of hydrogen-bond acceptors (Lipinski definition) is 4. The lowest BCUT2D eigenvalue weighted by molar-refractivity contribution is 0.0299. The first kappa shape index (κ1) is 17.1. The first-order chi connectivity index (χ1) is 9.09. The standard InChI is InChI=1S/C13H18BrNO4S/c1-8(2)4-9(3)19-13(16)10-5-11(14)7-12(6-10)20(15,17)18/h5-9H,4H2,1-3H3,(H2,15,17,18). The molecule has 0 aliphatic rings. The van der Waals surface area contributed by atoms with Gasteiger partial charge >= 0.3 is 5.97 Å². The number of nitrogens with two attached hydrogens (primary N) is 1. The van der Waals surface area contributed by atoms with E-state index in [9.17, 15) is 13.2 Å². The Morgan fingerprint density at radius 3 is 2.40 bits per heavy atom. The van der Waals surface area contributed by atoms with Crippen molar-refractivity contribution in [3.63, 3.8) is 0 Å². The number of hydrogen-bond donors (Lipinski definition) is 1.